The van der Waals surface area contributed by atoms with Gasteiger partial charge >= 0.3 is 0 Å². The number of nitrogens with zero attached hydrogens (tertiary/aromatic N) is 3. The van der Waals surface area contributed by atoms with E-state index in [4.69, 9.17) is 4.98 Å². The van der Waals surface area contributed by atoms with Crippen LogP contribution >= 0.6 is 11.3 Å². The van der Waals surface area contributed by atoms with Gasteiger partial charge in [-0.2, -0.15) is 5.10 Å². The molecule has 1 amide bonds. The van der Waals surface area contributed by atoms with Crippen molar-refractivity contribution < 1.29 is 4.79 Å². The molecule has 0 spiro atoms. The van der Waals surface area contributed by atoms with Crippen molar-refractivity contribution in [2.75, 3.05) is 5.32 Å². The molecule has 1 fully saturated rings. The second-order valence-electron chi connectivity index (χ2n) is 9.96. The first kappa shape index (κ1) is 22.9. The van der Waals surface area contributed by atoms with E-state index in [2.05, 4.69) is 68.8 Å². The molecule has 188 valence electrons. The number of anilines is 1. The Bertz CT molecular complexity index is 1810. The molecule has 1 saturated carbocycles. The molecule has 8 heteroatoms. The fourth-order valence-electron chi connectivity index (χ4n) is 5.41. The third-order valence-corrected chi connectivity index (χ3v) is 8.39. The number of aromatic nitrogens is 5. The van der Waals surface area contributed by atoms with Gasteiger partial charge in [-0.05, 0) is 62.2 Å². The molecule has 5 aromatic heterocycles. The Morgan fingerprint density at radius 1 is 1.03 bits per heavy atom. The predicted octanol–water partition coefficient (Wildman–Crippen LogP) is 7.33. The maximum atomic E-state index is 12.6. The zero-order chi connectivity index (χ0) is 25.6. The lowest BCUT2D eigenvalue weighted by Crippen LogP contribution is -2.20. The minimum Gasteiger partial charge on any atom is -0.353 e. The molecule has 1 aliphatic carbocycles. The number of aromatic amines is 2. The maximum Gasteiger partial charge on any atom is 0.227 e. The van der Waals surface area contributed by atoms with E-state index in [9.17, 15) is 4.79 Å². The summed E-state index contributed by atoms with van der Waals surface area (Å²) in [5.41, 5.74) is 7.90. The molecule has 0 radical (unpaired) electrons. The van der Waals surface area contributed by atoms with Crippen molar-refractivity contribution in [1.82, 2.24) is 25.1 Å². The van der Waals surface area contributed by atoms with Gasteiger partial charge in [0, 0.05) is 43.9 Å². The first-order valence-corrected chi connectivity index (χ1v) is 13.7. The Morgan fingerprint density at radius 3 is 2.76 bits per heavy atom. The van der Waals surface area contributed by atoms with Crippen molar-refractivity contribution in [3.63, 3.8) is 0 Å². The van der Waals surface area contributed by atoms with Gasteiger partial charge < -0.3 is 10.3 Å². The van der Waals surface area contributed by atoms with Gasteiger partial charge in [0.1, 0.15) is 11.2 Å². The van der Waals surface area contributed by atoms with Crippen LogP contribution in [0, 0.1) is 12.8 Å². The summed E-state index contributed by atoms with van der Waals surface area (Å²) in [6, 6.07) is 18.7. The van der Waals surface area contributed by atoms with Crippen LogP contribution in [0.4, 0.5) is 5.69 Å². The molecule has 1 aromatic carbocycles. The number of thiophene rings is 1. The number of rotatable bonds is 5. The summed E-state index contributed by atoms with van der Waals surface area (Å²) in [5.74, 6) is 0.181. The Balaban J connectivity index is 1.24. The molecular formula is C30H26N6OS. The Labute approximate surface area is 223 Å². The van der Waals surface area contributed by atoms with Gasteiger partial charge in [-0.1, -0.05) is 25.0 Å². The summed E-state index contributed by atoms with van der Waals surface area (Å²) in [6.45, 7) is 2.13. The quantitative estimate of drug-likeness (QED) is 0.222. The van der Waals surface area contributed by atoms with E-state index in [0.717, 1.165) is 70.3 Å². The second kappa shape index (κ2) is 9.22. The Morgan fingerprint density at radius 2 is 1.92 bits per heavy atom. The van der Waals surface area contributed by atoms with Crippen molar-refractivity contribution in [2.45, 2.75) is 32.6 Å². The minimum absolute atomic E-state index is 0.0814. The molecule has 0 unspecified atom stereocenters. The summed E-state index contributed by atoms with van der Waals surface area (Å²) in [4.78, 5) is 28.1. The highest BCUT2D eigenvalue weighted by Gasteiger charge is 2.23. The number of amides is 1. The smallest absolute Gasteiger partial charge is 0.227 e. The van der Waals surface area contributed by atoms with Crippen LogP contribution in [0.5, 0.6) is 0 Å². The number of hydrogen-bond acceptors (Lipinski definition) is 5. The lowest BCUT2D eigenvalue weighted by atomic mass is 10.1. The zero-order valence-electron chi connectivity index (χ0n) is 20.9. The molecule has 3 N–H and O–H groups in total. The second-order valence-corrected chi connectivity index (χ2v) is 11.2. The van der Waals surface area contributed by atoms with Crippen LogP contribution < -0.4 is 5.32 Å². The first-order chi connectivity index (χ1) is 18.6. The predicted molar refractivity (Wildman–Crippen MR) is 153 cm³/mol. The van der Waals surface area contributed by atoms with Crippen molar-refractivity contribution in [3.05, 3.63) is 71.9 Å². The van der Waals surface area contributed by atoms with Crippen LogP contribution in [0.3, 0.4) is 0 Å². The molecule has 0 saturated heterocycles. The zero-order valence-corrected chi connectivity index (χ0v) is 21.7. The van der Waals surface area contributed by atoms with Crippen molar-refractivity contribution in [3.8, 4) is 33.1 Å². The molecule has 7 nitrogen and oxygen atoms in total. The van der Waals surface area contributed by atoms with Gasteiger partial charge in [0.2, 0.25) is 5.91 Å². The lowest BCUT2D eigenvalue weighted by Gasteiger charge is -2.11. The van der Waals surface area contributed by atoms with Gasteiger partial charge in [-0.25, -0.2) is 4.98 Å². The van der Waals surface area contributed by atoms with Gasteiger partial charge in [0.05, 0.1) is 28.8 Å². The van der Waals surface area contributed by atoms with Crippen LogP contribution in [-0.2, 0) is 4.79 Å². The van der Waals surface area contributed by atoms with Crippen LogP contribution in [-0.4, -0.2) is 31.1 Å². The van der Waals surface area contributed by atoms with Crippen LogP contribution in [0.1, 0.15) is 30.6 Å². The van der Waals surface area contributed by atoms with E-state index in [-0.39, 0.29) is 11.8 Å². The number of pyridine rings is 2. The van der Waals surface area contributed by atoms with Crippen molar-refractivity contribution in [2.24, 2.45) is 5.92 Å². The third-order valence-electron chi connectivity index (χ3n) is 7.36. The Hall–Kier alpha value is -4.30. The normalized spacial score (nSPS) is 14.0. The number of aryl methyl sites for hydroxylation is 1. The molecule has 0 bridgehead atoms. The number of H-pyrrole nitrogens is 2. The van der Waals surface area contributed by atoms with E-state index < -0.39 is 0 Å². The van der Waals surface area contributed by atoms with E-state index in [1.165, 1.54) is 15.3 Å². The Kier molecular flexibility index (Phi) is 5.55. The number of benzene rings is 1. The van der Waals surface area contributed by atoms with E-state index in [1.54, 1.807) is 23.7 Å². The fourth-order valence-corrected chi connectivity index (χ4v) is 6.31. The highest BCUT2D eigenvalue weighted by atomic mass is 32.1. The molecule has 0 atom stereocenters. The molecule has 38 heavy (non-hydrogen) atoms. The standard InChI is InChI=1S/C30H26N6OS/c1-17-9-12-27(38-17)21-7-4-8-24-22(21)14-26(33-24)29-28-25(35-36-29)11-10-23(34-28)19-13-20(16-31-15-19)32-30(37)18-5-2-3-6-18/h4,7-16,18,33H,2-3,5-6H2,1H3,(H,32,37)(H,35,36). The maximum absolute atomic E-state index is 12.6. The number of carbonyl (C=O) groups excluding carboxylic acids is 1. The van der Waals surface area contributed by atoms with E-state index in [1.807, 2.05) is 18.2 Å². The van der Waals surface area contributed by atoms with E-state index in [0.29, 0.717) is 5.69 Å². The largest absolute Gasteiger partial charge is 0.353 e. The molecule has 0 aliphatic heterocycles. The minimum atomic E-state index is 0.0814. The average Bonchev–Trinajstić information content (AvgIpc) is 3.74. The summed E-state index contributed by atoms with van der Waals surface area (Å²) < 4.78 is 0. The highest BCUT2D eigenvalue weighted by Crippen LogP contribution is 2.37. The highest BCUT2D eigenvalue weighted by molar-refractivity contribution is 7.15. The fraction of sp³-hybridized carbons (Fsp3) is 0.200. The van der Waals surface area contributed by atoms with Crippen LogP contribution in [0.2, 0.25) is 0 Å². The van der Waals surface area contributed by atoms with Gasteiger partial charge in [0.15, 0.2) is 0 Å². The van der Waals surface area contributed by atoms with Crippen LogP contribution in [0.15, 0.2) is 67.0 Å². The summed E-state index contributed by atoms with van der Waals surface area (Å²) in [5, 5.41) is 11.9. The van der Waals surface area contributed by atoms with Crippen molar-refractivity contribution in [1.29, 1.82) is 0 Å². The van der Waals surface area contributed by atoms with Gasteiger partial charge in [-0.15, -0.1) is 11.3 Å². The molecule has 6 aromatic rings. The molecule has 7 rings (SSSR count). The lowest BCUT2D eigenvalue weighted by molar-refractivity contribution is -0.119. The topological polar surface area (TPSA) is 99.4 Å². The molecular weight excluding hydrogens is 492 g/mol. The summed E-state index contributed by atoms with van der Waals surface area (Å²) in [6.07, 6.45) is 7.63. The summed E-state index contributed by atoms with van der Waals surface area (Å²) in [7, 11) is 0. The monoisotopic (exact) mass is 518 g/mol. The van der Waals surface area contributed by atoms with Gasteiger partial charge in [0.25, 0.3) is 0 Å². The number of nitrogens with one attached hydrogen (secondary N) is 3. The number of carbonyl (C=O) groups is 1. The van der Waals surface area contributed by atoms with Crippen molar-refractivity contribution >= 4 is 44.9 Å². The van der Waals surface area contributed by atoms with Crippen LogP contribution in [0.25, 0.3) is 55.0 Å². The number of hydrogen-bond donors (Lipinski definition) is 3. The average molecular weight is 519 g/mol. The van der Waals surface area contributed by atoms with E-state index >= 15 is 0 Å². The van der Waals surface area contributed by atoms with Gasteiger partial charge in [-0.3, -0.25) is 14.9 Å². The number of fused-ring (bicyclic) bond motifs is 2. The first-order valence-electron chi connectivity index (χ1n) is 12.9. The SMILES string of the molecule is Cc1ccc(-c2cccc3[nH]c(-c4n[nH]c5ccc(-c6cncc(NC(=O)C7CCCC7)c6)nc45)cc23)s1. The molecule has 1 aliphatic rings. The third kappa shape index (κ3) is 4.07. The molecule has 5 heterocycles. The summed E-state index contributed by atoms with van der Waals surface area (Å²) >= 11 is 1.80.